The van der Waals surface area contributed by atoms with Crippen molar-refractivity contribution in [3.63, 3.8) is 0 Å². The molecule has 0 atom stereocenters. The van der Waals surface area contributed by atoms with Crippen molar-refractivity contribution in [3.05, 3.63) is 58.4 Å². The van der Waals surface area contributed by atoms with Crippen molar-refractivity contribution in [2.24, 2.45) is 5.73 Å². The van der Waals surface area contributed by atoms with Gasteiger partial charge in [0.2, 0.25) is 0 Å². The van der Waals surface area contributed by atoms with Gasteiger partial charge >= 0.3 is 0 Å². The molecule has 0 aliphatic heterocycles. The van der Waals surface area contributed by atoms with E-state index in [2.05, 4.69) is 4.72 Å². The van der Waals surface area contributed by atoms with Crippen LogP contribution in [-0.4, -0.2) is 8.42 Å². The number of hydrogen-bond acceptors (Lipinski definition) is 3. The highest BCUT2D eigenvalue weighted by Crippen LogP contribution is 2.24. The van der Waals surface area contributed by atoms with E-state index in [0.717, 1.165) is 6.07 Å². The molecule has 0 radical (unpaired) electrons. The standard InChI is InChI=1S/C14H14ClFN2O2S/c1-9-6-11(15)3-5-13(9)18-21(19,20)14-7-10(8-17)2-4-12(14)16/h2-7,18H,8,17H2,1H3. The zero-order chi connectivity index (χ0) is 15.6. The molecule has 0 saturated carbocycles. The van der Waals surface area contributed by atoms with Gasteiger partial charge in [-0.2, -0.15) is 0 Å². The molecule has 0 saturated heterocycles. The van der Waals surface area contributed by atoms with Gasteiger partial charge in [-0.15, -0.1) is 0 Å². The number of anilines is 1. The maximum atomic E-state index is 13.8. The zero-order valence-electron chi connectivity index (χ0n) is 11.2. The molecule has 0 spiro atoms. The SMILES string of the molecule is Cc1cc(Cl)ccc1NS(=O)(=O)c1cc(CN)ccc1F. The number of rotatable bonds is 4. The summed E-state index contributed by atoms with van der Waals surface area (Å²) in [7, 11) is -4.04. The molecule has 0 heterocycles. The van der Waals surface area contributed by atoms with Gasteiger partial charge in [0.25, 0.3) is 10.0 Å². The van der Waals surface area contributed by atoms with Gasteiger partial charge in [0.05, 0.1) is 5.69 Å². The highest BCUT2D eigenvalue weighted by atomic mass is 35.5. The van der Waals surface area contributed by atoms with Crippen LogP contribution in [0.4, 0.5) is 10.1 Å². The number of hydrogen-bond donors (Lipinski definition) is 2. The van der Waals surface area contributed by atoms with Gasteiger partial charge in [0.1, 0.15) is 10.7 Å². The summed E-state index contributed by atoms with van der Waals surface area (Å²) in [4.78, 5) is -0.431. The van der Waals surface area contributed by atoms with Crippen LogP contribution in [0.25, 0.3) is 0 Å². The molecule has 0 amide bonds. The Kier molecular flexibility index (Phi) is 4.51. The van der Waals surface area contributed by atoms with Crippen molar-refractivity contribution in [1.82, 2.24) is 0 Å². The molecule has 0 bridgehead atoms. The van der Waals surface area contributed by atoms with Crippen LogP contribution in [0.3, 0.4) is 0 Å². The van der Waals surface area contributed by atoms with E-state index in [-0.39, 0.29) is 6.54 Å². The lowest BCUT2D eigenvalue weighted by atomic mass is 10.2. The first-order valence-electron chi connectivity index (χ1n) is 6.11. The summed E-state index contributed by atoms with van der Waals surface area (Å²) >= 11 is 5.82. The topological polar surface area (TPSA) is 72.2 Å². The highest BCUT2D eigenvalue weighted by molar-refractivity contribution is 7.92. The predicted octanol–water partition coefficient (Wildman–Crippen LogP) is 3.05. The van der Waals surface area contributed by atoms with Crippen LogP contribution in [0.5, 0.6) is 0 Å². The Bertz CT molecular complexity index is 779. The van der Waals surface area contributed by atoms with Crippen molar-refractivity contribution in [1.29, 1.82) is 0 Å². The fraction of sp³-hybridized carbons (Fsp3) is 0.143. The molecule has 112 valence electrons. The smallest absolute Gasteiger partial charge is 0.264 e. The van der Waals surface area contributed by atoms with Gasteiger partial charge in [0.15, 0.2) is 0 Å². The van der Waals surface area contributed by atoms with Crippen LogP contribution in [0.15, 0.2) is 41.3 Å². The van der Waals surface area contributed by atoms with E-state index in [1.165, 1.54) is 18.2 Å². The number of benzene rings is 2. The monoisotopic (exact) mass is 328 g/mol. The highest BCUT2D eigenvalue weighted by Gasteiger charge is 2.20. The number of aryl methyl sites for hydroxylation is 1. The number of sulfonamides is 1. The van der Waals surface area contributed by atoms with E-state index in [0.29, 0.717) is 21.8 Å². The van der Waals surface area contributed by atoms with E-state index >= 15 is 0 Å². The lowest BCUT2D eigenvalue weighted by Gasteiger charge is -2.12. The summed E-state index contributed by atoms with van der Waals surface area (Å²) in [5, 5.41) is 0.492. The van der Waals surface area contributed by atoms with Crippen molar-refractivity contribution in [3.8, 4) is 0 Å². The van der Waals surface area contributed by atoms with Gasteiger partial charge in [-0.25, -0.2) is 12.8 Å². The van der Waals surface area contributed by atoms with Gasteiger partial charge in [0, 0.05) is 11.6 Å². The van der Waals surface area contributed by atoms with E-state index in [1.54, 1.807) is 19.1 Å². The van der Waals surface area contributed by atoms with E-state index in [9.17, 15) is 12.8 Å². The Hall–Kier alpha value is -1.63. The summed E-state index contributed by atoms with van der Waals surface area (Å²) in [6.45, 7) is 1.83. The molecule has 21 heavy (non-hydrogen) atoms. The fourth-order valence-electron chi connectivity index (χ4n) is 1.82. The van der Waals surface area contributed by atoms with Crippen molar-refractivity contribution >= 4 is 27.3 Å². The van der Waals surface area contributed by atoms with Crippen LogP contribution in [0.2, 0.25) is 5.02 Å². The number of nitrogens with one attached hydrogen (secondary N) is 1. The molecule has 4 nitrogen and oxygen atoms in total. The zero-order valence-corrected chi connectivity index (χ0v) is 12.8. The third-order valence-corrected chi connectivity index (χ3v) is 4.57. The largest absolute Gasteiger partial charge is 0.326 e. The third kappa shape index (κ3) is 3.53. The van der Waals surface area contributed by atoms with Crippen molar-refractivity contribution in [2.75, 3.05) is 4.72 Å². The van der Waals surface area contributed by atoms with E-state index < -0.39 is 20.7 Å². The molecule has 2 aromatic rings. The van der Waals surface area contributed by atoms with Crippen LogP contribution >= 0.6 is 11.6 Å². The minimum absolute atomic E-state index is 0.128. The number of nitrogens with two attached hydrogens (primary N) is 1. The summed E-state index contributed by atoms with van der Waals surface area (Å²) in [5.41, 5.74) is 6.97. The van der Waals surface area contributed by atoms with Crippen molar-refractivity contribution in [2.45, 2.75) is 18.4 Å². The Morgan fingerprint density at radius 2 is 1.95 bits per heavy atom. The summed E-state index contributed by atoms with van der Waals surface area (Å²) in [6, 6.07) is 8.46. The molecule has 3 N–H and O–H groups in total. The second-order valence-corrected chi connectivity index (χ2v) is 6.62. The molecule has 0 aliphatic carbocycles. The Morgan fingerprint density at radius 3 is 2.57 bits per heavy atom. The average Bonchev–Trinajstić information content (AvgIpc) is 2.42. The molecular formula is C14H14ClFN2O2S. The molecule has 0 aliphatic rings. The second-order valence-electron chi connectivity index (χ2n) is 4.53. The second kappa shape index (κ2) is 6.01. The van der Waals surface area contributed by atoms with Crippen LogP contribution in [-0.2, 0) is 16.6 Å². The van der Waals surface area contributed by atoms with Gasteiger partial charge in [-0.3, -0.25) is 4.72 Å². The van der Waals surface area contributed by atoms with Gasteiger partial charge in [-0.1, -0.05) is 17.7 Å². The molecule has 2 rings (SSSR count). The molecular weight excluding hydrogens is 315 g/mol. The van der Waals surface area contributed by atoms with Gasteiger partial charge < -0.3 is 5.73 Å². The van der Waals surface area contributed by atoms with Gasteiger partial charge in [-0.05, 0) is 48.4 Å². The Morgan fingerprint density at radius 1 is 1.24 bits per heavy atom. The van der Waals surface area contributed by atoms with Crippen LogP contribution < -0.4 is 10.5 Å². The lowest BCUT2D eigenvalue weighted by Crippen LogP contribution is -2.16. The minimum atomic E-state index is -4.04. The molecule has 0 aromatic heterocycles. The van der Waals surface area contributed by atoms with Crippen molar-refractivity contribution < 1.29 is 12.8 Å². The Balaban J connectivity index is 2.43. The summed E-state index contributed by atoms with van der Waals surface area (Å²) < 4.78 is 40.7. The molecule has 2 aromatic carbocycles. The number of halogens is 2. The molecule has 0 fully saturated rings. The normalized spacial score (nSPS) is 11.4. The third-order valence-electron chi connectivity index (χ3n) is 2.95. The average molecular weight is 329 g/mol. The molecule has 0 unspecified atom stereocenters. The molecule has 7 heteroatoms. The quantitative estimate of drug-likeness (QED) is 0.906. The fourth-order valence-corrected chi connectivity index (χ4v) is 3.31. The summed E-state index contributed by atoms with van der Waals surface area (Å²) in [6.07, 6.45) is 0. The predicted molar refractivity (Wildman–Crippen MR) is 81.3 cm³/mol. The van der Waals surface area contributed by atoms with E-state index in [1.807, 2.05) is 0 Å². The van der Waals surface area contributed by atoms with Crippen LogP contribution in [0, 0.1) is 12.7 Å². The lowest BCUT2D eigenvalue weighted by molar-refractivity contribution is 0.569. The summed E-state index contributed by atoms with van der Waals surface area (Å²) in [5.74, 6) is -0.827. The first-order valence-corrected chi connectivity index (χ1v) is 7.97. The minimum Gasteiger partial charge on any atom is -0.326 e. The maximum absolute atomic E-state index is 13.8. The maximum Gasteiger partial charge on any atom is 0.264 e. The first kappa shape index (κ1) is 15.8. The Labute approximate surface area is 127 Å². The van der Waals surface area contributed by atoms with E-state index in [4.69, 9.17) is 17.3 Å². The van der Waals surface area contributed by atoms with Crippen LogP contribution in [0.1, 0.15) is 11.1 Å². The first-order chi connectivity index (χ1) is 9.83.